The van der Waals surface area contributed by atoms with Gasteiger partial charge in [0, 0.05) is 0 Å². The van der Waals surface area contributed by atoms with Gasteiger partial charge < -0.3 is 24.8 Å². The largest absolute Gasteiger partial charge is 0.461 e. The summed E-state index contributed by atoms with van der Waals surface area (Å²) in [6.45, 7) is -0.00995. The Labute approximate surface area is 171 Å². The van der Waals surface area contributed by atoms with Gasteiger partial charge in [-0.2, -0.15) is 0 Å². The molecule has 1 fully saturated rings. The van der Waals surface area contributed by atoms with E-state index in [1.54, 1.807) is 0 Å². The van der Waals surface area contributed by atoms with Crippen LogP contribution in [0.1, 0.15) is 10.4 Å². The number of hydrogen-bond acceptors (Lipinski definition) is 12. The Bertz CT molecular complexity index is 937. The molecule has 3 rings (SSSR count). The highest BCUT2D eigenvalue weighted by atomic mass is 32.1. The number of benzene rings is 1. The third-order valence-electron chi connectivity index (χ3n) is 3.98. The molecule has 5 atom stereocenters. The fourth-order valence-corrected chi connectivity index (χ4v) is 3.16. The van der Waals surface area contributed by atoms with Crippen molar-refractivity contribution in [2.75, 3.05) is 5.32 Å². The lowest BCUT2D eigenvalue weighted by atomic mass is 10.0. The zero-order chi connectivity index (χ0) is 21.8. The number of carbonyl (C=O) groups is 2. The molecule has 4 N–H and O–H groups in total. The molecule has 14 heteroatoms. The van der Waals surface area contributed by atoms with Crippen LogP contribution in [0.15, 0.2) is 30.5 Å². The Morgan fingerprint density at radius 2 is 1.93 bits per heavy atom. The van der Waals surface area contributed by atoms with Gasteiger partial charge in [0.25, 0.3) is 12.4 Å². The fourth-order valence-electron chi connectivity index (χ4n) is 2.54. The highest BCUT2D eigenvalue weighted by Crippen LogP contribution is 2.29. The first-order valence-electron chi connectivity index (χ1n) is 8.28. The van der Waals surface area contributed by atoms with Crippen molar-refractivity contribution in [1.82, 2.24) is 4.98 Å². The maximum atomic E-state index is 12.6. The number of anilines is 1. The second-order valence-corrected chi connectivity index (χ2v) is 6.91. The molecule has 1 aliphatic heterocycles. The van der Waals surface area contributed by atoms with Crippen LogP contribution in [-0.4, -0.2) is 68.5 Å². The molecule has 30 heavy (non-hydrogen) atoms. The van der Waals surface area contributed by atoms with Crippen molar-refractivity contribution >= 4 is 33.8 Å². The summed E-state index contributed by atoms with van der Waals surface area (Å²) in [7, 11) is 0. The molecule has 0 aliphatic carbocycles. The van der Waals surface area contributed by atoms with Gasteiger partial charge in [-0.3, -0.25) is 29.8 Å². The molecule has 1 aliphatic rings. The standard InChI is InChI=1S/C16H15N3O10S/c20-6-27-14-11(22)10(21)12(23)15(29-14)28-8-4-2-1-3-7(8)13(24)18-16-17-5-9(30-16)19(25)26/h1-6,10-12,14-15,21-23H,(H,17,18,24). The second kappa shape index (κ2) is 9.10. The van der Waals surface area contributed by atoms with Gasteiger partial charge in [0.1, 0.15) is 30.3 Å². The second-order valence-electron chi connectivity index (χ2n) is 5.91. The first-order valence-corrected chi connectivity index (χ1v) is 9.09. The van der Waals surface area contributed by atoms with E-state index in [0.717, 1.165) is 6.20 Å². The highest BCUT2D eigenvalue weighted by molar-refractivity contribution is 7.18. The Balaban J connectivity index is 1.78. The minimum atomic E-state index is -1.76. The minimum absolute atomic E-state index is 0.00995. The van der Waals surface area contributed by atoms with Gasteiger partial charge >= 0.3 is 5.00 Å². The van der Waals surface area contributed by atoms with Crippen molar-refractivity contribution in [2.24, 2.45) is 0 Å². The number of aliphatic hydroxyl groups excluding tert-OH is 3. The molecule has 5 unspecified atom stereocenters. The van der Waals surface area contributed by atoms with Crippen molar-refractivity contribution < 1.29 is 44.0 Å². The summed E-state index contributed by atoms with van der Waals surface area (Å²) in [4.78, 5) is 36.9. The molecule has 0 bridgehead atoms. The molecule has 13 nitrogen and oxygen atoms in total. The molecule has 0 spiro atoms. The average Bonchev–Trinajstić information content (AvgIpc) is 3.19. The van der Waals surface area contributed by atoms with E-state index in [0.29, 0.717) is 11.3 Å². The van der Waals surface area contributed by atoms with Crippen LogP contribution in [0.3, 0.4) is 0 Å². The van der Waals surface area contributed by atoms with Crippen molar-refractivity contribution in [1.29, 1.82) is 0 Å². The van der Waals surface area contributed by atoms with E-state index < -0.39 is 41.7 Å². The van der Waals surface area contributed by atoms with Crippen molar-refractivity contribution in [3.8, 4) is 5.75 Å². The molecule has 160 valence electrons. The maximum absolute atomic E-state index is 12.6. The van der Waals surface area contributed by atoms with Gasteiger partial charge in [-0.25, -0.2) is 4.98 Å². The molecule has 0 saturated carbocycles. The van der Waals surface area contributed by atoms with Crippen LogP contribution in [0.25, 0.3) is 0 Å². The minimum Gasteiger partial charge on any atom is -0.461 e. The van der Waals surface area contributed by atoms with E-state index in [1.165, 1.54) is 24.3 Å². The molecular weight excluding hydrogens is 426 g/mol. The summed E-state index contributed by atoms with van der Waals surface area (Å²) in [5, 5.41) is 42.6. The number of para-hydroxylation sites is 1. The van der Waals surface area contributed by atoms with Gasteiger partial charge in [0.2, 0.25) is 12.6 Å². The Hall–Kier alpha value is -3.17. The molecule has 1 aromatic heterocycles. The van der Waals surface area contributed by atoms with E-state index >= 15 is 0 Å². The van der Waals surface area contributed by atoms with Gasteiger partial charge in [0.05, 0.1) is 10.5 Å². The molecule has 2 aromatic rings. The van der Waals surface area contributed by atoms with Gasteiger partial charge in [-0.1, -0.05) is 12.1 Å². The zero-order valence-electron chi connectivity index (χ0n) is 14.9. The molecule has 1 amide bonds. The summed E-state index contributed by atoms with van der Waals surface area (Å²) >= 11 is 0.654. The molecule has 2 heterocycles. The van der Waals surface area contributed by atoms with Crippen LogP contribution in [0.4, 0.5) is 10.1 Å². The predicted molar refractivity (Wildman–Crippen MR) is 97.6 cm³/mol. The van der Waals surface area contributed by atoms with E-state index in [9.17, 15) is 35.0 Å². The Kier molecular flexibility index (Phi) is 6.53. The number of rotatable bonds is 7. The zero-order valence-corrected chi connectivity index (χ0v) is 15.7. The van der Waals surface area contributed by atoms with Crippen LogP contribution < -0.4 is 10.1 Å². The summed E-state index contributed by atoms with van der Waals surface area (Å²) < 4.78 is 15.1. The number of hydrogen-bond donors (Lipinski definition) is 4. The molecular formula is C16H15N3O10S. The number of ether oxygens (including phenoxy) is 3. The number of nitrogens with one attached hydrogen (secondary N) is 1. The summed E-state index contributed by atoms with van der Waals surface area (Å²) in [5.41, 5.74) is -0.0420. The monoisotopic (exact) mass is 441 g/mol. The topological polar surface area (TPSA) is 191 Å². The SMILES string of the molecule is O=COC1OC(Oc2ccccc2C(=O)Nc2ncc([N+](=O)[O-])s2)C(O)C(O)C1O. The van der Waals surface area contributed by atoms with E-state index in [4.69, 9.17) is 9.47 Å². The van der Waals surface area contributed by atoms with Crippen molar-refractivity contribution in [3.63, 3.8) is 0 Å². The molecule has 0 radical (unpaired) electrons. The van der Waals surface area contributed by atoms with Gasteiger partial charge in [-0.05, 0) is 23.5 Å². The number of amides is 1. The molecule has 1 saturated heterocycles. The van der Waals surface area contributed by atoms with E-state index in [1.807, 2.05) is 0 Å². The predicted octanol–water partition coefficient (Wildman–Crippen LogP) is -0.380. The normalized spacial score (nSPS) is 25.9. The maximum Gasteiger partial charge on any atom is 0.345 e. The fraction of sp³-hybridized carbons (Fsp3) is 0.312. The van der Waals surface area contributed by atoms with Crippen LogP contribution in [-0.2, 0) is 14.3 Å². The summed E-state index contributed by atoms with van der Waals surface area (Å²) in [6, 6.07) is 5.76. The number of aromatic nitrogens is 1. The number of carbonyl (C=O) groups excluding carboxylic acids is 2. The molecule has 1 aromatic carbocycles. The van der Waals surface area contributed by atoms with Crippen LogP contribution in [0.5, 0.6) is 5.75 Å². The quantitative estimate of drug-likeness (QED) is 0.249. The highest BCUT2D eigenvalue weighted by Gasteiger charge is 2.46. The third-order valence-corrected chi connectivity index (χ3v) is 4.85. The lowest BCUT2D eigenvalue weighted by Gasteiger charge is -2.38. The van der Waals surface area contributed by atoms with Crippen LogP contribution >= 0.6 is 11.3 Å². The first kappa shape index (κ1) is 21.5. The van der Waals surface area contributed by atoms with Crippen molar-refractivity contribution in [3.05, 3.63) is 46.1 Å². The number of nitrogens with zero attached hydrogens (tertiary/aromatic N) is 2. The first-order chi connectivity index (χ1) is 14.3. The van der Waals surface area contributed by atoms with Crippen LogP contribution in [0, 0.1) is 10.1 Å². The lowest BCUT2D eigenvalue weighted by Crippen LogP contribution is -2.59. The Morgan fingerprint density at radius 1 is 1.23 bits per heavy atom. The average molecular weight is 441 g/mol. The number of aliphatic hydroxyl groups is 3. The van der Waals surface area contributed by atoms with E-state index in [2.05, 4.69) is 15.0 Å². The summed E-state index contributed by atoms with van der Waals surface area (Å²) in [6.07, 6.45) is -7.42. The summed E-state index contributed by atoms with van der Waals surface area (Å²) in [5.74, 6) is -0.806. The Morgan fingerprint density at radius 3 is 2.60 bits per heavy atom. The van der Waals surface area contributed by atoms with Crippen molar-refractivity contribution in [2.45, 2.75) is 30.9 Å². The number of nitro groups is 1. The lowest BCUT2D eigenvalue weighted by molar-refractivity contribution is -0.380. The van der Waals surface area contributed by atoms with Gasteiger partial charge in [-0.15, -0.1) is 0 Å². The van der Waals surface area contributed by atoms with E-state index in [-0.39, 0.29) is 27.9 Å². The van der Waals surface area contributed by atoms with Crippen LogP contribution in [0.2, 0.25) is 0 Å². The third kappa shape index (κ3) is 4.52. The smallest absolute Gasteiger partial charge is 0.345 e. The number of thiazole rings is 1. The van der Waals surface area contributed by atoms with Gasteiger partial charge in [0.15, 0.2) is 5.13 Å².